The molecule has 0 radical (unpaired) electrons. The molecule has 0 rings (SSSR count). The summed E-state index contributed by atoms with van der Waals surface area (Å²) in [6.45, 7) is 0.831. The Hall–Kier alpha value is -1.68. The Morgan fingerprint density at radius 3 is 2.10 bits per heavy atom. The zero-order valence-corrected chi connectivity index (χ0v) is 11.9. The van der Waals surface area contributed by atoms with Crippen molar-refractivity contribution in [3.63, 3.8) is 0 Å². The van der Waals surface area contributed by atoms with Crippen LogP contribution in [0.2, 0.25) is 0 Å². The van der Waals surface area contributed by atoms with Crippen molar-refractivity contribution < 1.29 is 24.3 Å². The van der Waals surface area contributed by atoms with E-state index in [2.05, 4.69) is 0 Å². The molecule has 9 heteroatoms. The first-order valence-electron chi connectivity index (χ1n) is 6.41. The van der Waals surface area contributed by atoms with Crippen LogP contribution in [0.15, 0.2) is 0 Å². The van der Waals surface area contributed by atoms with Crippen LogP contribution in [0.25, 0.3) is 0 Å². The van der Waals surface area contributed by atoms with Crippen molar-refractivity contribution in [3.8, 4) is 0 Å². The number of hydrogen-bond donors (Lipinski definition) is 5. The van der Waals surface area contributed by atoms with E-state index in [0.717, 1.165) is 0 Å². The van der Waals surface area contributed by atoms with Gasteiger partial charge >= 0.3 is 5.97 Å². The van der Waals surface area contributed by atoms with E-state index in [1.165, 1.54) is 6.92 Å². The number of carboxylic acids is 1. The van der Waals surface area contributed by atoms with Crippen LogP contribution in [0.5, 0.6) is 0 Å². The second kappa shape index (κ2) is 7.93. The SMILES string of the molecule is C[C@H](N)C(=O)C(N)C(=O)C(N)(CCCC(=O)O)C(=O)CN. The lowest BCUT2D eigenvalue weighted by Crippen LogP contribution is -2.64. The zero-order chi connectivity index (χ0) is 16.8. The second-order valence-electron chi connectivity index (χ2n) is 4.88. The van der Waals surface area contributed by atoms with Gasteiger partial charge in [0, 0.05) is 6.42 Å². The van der Waals surface area contributed by atoms with Crippen LogP contribution in [-0.2, 0) is 19.2 Å². The molecule has 0 aliphatic carbocycles. The van der Waals surface area contributed by atoms with Crippen LogP contribution in [0, 0.1) is 0 Å². The third kappa shape index (κ3) is 4.97. The normalized spacial score (nSPS) is 16.6. The molecule has 0 aliphatic heterocycles. The molecule has 0 saturated heterocycles. The zero-order valence-electron chi connectivity index (χ0n) is 11.9. The molecule has 0 heterocycles. The molecule has 0 aromatic heterocycles. The molecule has 0 aromatic rings. The third-order valence-electron chi connectivity index (χ3n) is 3.12. The van der Waals surface area contributed by atoms with Gasteiger partial charge in [-0.25, -0.2) is 0 Å². The topological polar surface area (TPSA) is 193 Å². The van der Waals surface area contributed by atoms with Gasteiger partial charge in [-0.2, -0.15) is 0 Å². The number of nitrogens with two attached hydrogens (primary N) is 4. The van der Waals surface area contributed by atoms with E-state index in [1.807, 2.05) is 0 Å². The van der Waals surface area contributed by atoms with Crippen LogP contribution < -0.4 is 22.9 Å². The minimum absolute atomic E-state index is 0.0254. The molecule has 0 amide bonds. The van der Waals surface area contributed by atoms with Gasteiger partial charge in [0.1, 0.15) is 11.6 Å². The molecular formula is C12H22N4O5. The van der Waals surface area contributed by atoms with E-state index in [0.29, 0.717) is 0 Å². The summed E-state index contributed by atoms with van der Waals surface area (Å²) in [5.74, 6) is -3.64. The number of aliphatic carboxylic acids is 1. The van der Waals surface area contributed by atoms with Crippen molar-refractivity contribution in [2.24, 2.45) is 22.9 Å². The molecule has 9 nitrogen and oxygen atoms in total. The lowest BCUT2D eigenvalue weighted by Gasteiger charge is -2.28. The molecule has 120 valence electrons. The standard InChI is InChI=1S/C12H22N4O5/c1-6(14)10(20)9(15)11(21)12(16,7(17)5-13)4-2-3-8(18)19/h6,9H,2-5,13-16H2,1H3,(H,18,19)/t6-,9?,12?/m0/s1. The molecule has 0 spiro atoms. The van der Waals surface area contributed by atoms with Crippen LogP contribution in [0.3, 0.4) is 0 Å². The molecule has 0 bridgehead atoms. The summed E-state index contributed by atoms with van der Waals surface area (Å²) in [4.78, 5) is 46.2. The number of ketones is 3. The van der Waals surface area contributed by atoms with Gasteiger partial charge in [-0.1, -0.05) is 0 Å². The van der Waals surface area contributed by atoms with Crippen molar-refractivity contribution in [3.05, 3.63) is 0 Å². The predicted octanol–water partition coefficient (Wildman–Crippen LogP) is -2.72. The van der Waals surface area contributed by atoms with Crippen molar-refractivity contribution in [2.45, 2.75) is 43.8 Å². The van der Waals surface area contributed by atoms with Crippen LogP contribution >= 0.6 is 0 Å². The van der Waals surface area contributed by atoms with Gasteiger partial charge < -0.3 is 28.0 Å². The highest BCUT2D eigenvalue weighted by molar-refractivity contribution is 6.21. The van der Waals surface area contributed by atoms with Gasteiger partial charge in [-0.05, 0) is 19.8 Å². The number of carbonyl (C=O) groups is 4. The van der Waals surface area contributed by atoms with Crippen molar-refractivity contribution in [2.75, 3.05) is 6.54 Å². The first-order chi connectivity index (χ1) is 9.57. The van der Waals surface area contributed by atoms with Gasteiger partial charge in [-0.3, -0.25) is 19.2 Å². The predicted molar refractivity (Wildman–Crippen MR) is 74.1 cm³/mol. The first kappa shape index (κ1) is 19.3. The molecule has 0 saturated carbocycles. The molecule has 9 N–H and O–H groups in total. The molecule has 0 aromatic carbocycles. The van der Waals surface area contributed by atoms with Crippen LogP contribution in [-0.4, -0.2) is 52.6 Å². The minimum atomic E-state index is -2.08. The Kier molecular flexibility index (Phi) is 7.30. The Labute approximate surface area is 122 Å². The summed E-state index contributed by atoms with van der Waals surface area (Å²) in [5, 5.41) is 8.58. The summed E-state index contributed by atoms with van der Waals surface area (Å²) in [6.07, 6.45) is -0.558. The highest BCUT2D eigenvalue weighted by Gasteiger charge is 2.44. The number of Topliss-reactive ketones (excluding diaryl/α,β-unsaturated/α-hetero) is 3. The van der Waals surface area contributed by atoms with E-state index in [-0.39, 0.29) is 19.3 Å². The summed E-state index contributed by atoms with van der Waals surface area (Å²) in [7, 11) is 0. The summed E-state index contributed by atoms with van der Waals surface area (Å²) in [5.41, 5.74) is 19.8. The van der Waals surface area contributed by atoms with E-state index >= 15 is 0 Å². The first-order valence-corrected chi connectivity index (χ1v) is 6.41. The van der Waals surface area contributed by atoms with Crippen molar-refractivity contribution >= 4 is 23.3 Å². The Balaban J connectivity index is 5.21. The summed E-state index contributed by atoms with van der Waals surface area (Å²) >= 11 is 0. The molecule has 3 atom stereocenters. The fraction of sp³-hybridized carbons (Fsp3) is 0.667. The Bertz CT molecular complexity index is 437. The van der Waals surface area contributed by atoms with E-state index in [9.17, 15) is 19.2 Å². The molecule has 0 fully saturated rings. The maximum absolute atomic E-state index is 12.2. The van der Waals surface area contributed by atoms with Gasteiger partial charge in [-0.15, -0.1) is 0 Å². The Morgan fingerprint density at radius 2 is 1.71 bits per heavy atom. The number of hydrogen-bond acceptors (Lipinski definition) is 8. The fourth-order valence-electron chi connectivity index (χ4n) is 1.79. The molecule has 0 aliphatic rings. The second-order valence-corrected chi connectivity index (χ2v) is 4.88. The summed E-state index contributed by atoms with van der Waals surface area (Å²) < 4.78 is 0. The average molecular weight is 302 g/mol. The van der Waals surface area contributed by atoms with Gasteiger partial charge in [0.2, 0.25) is 0 Å². The molecule has 21 heavy (non-hydrogen) atoms. The van der Waals surface area contributed by atoms with Gasteiger partial charge in [0.25, 0.3) is 0 Å². The highest BCUT2D eigenvalue weighted by atomic mass is 16.4. The van der Waals surface area contributed by atoms with Crippen molar-refractivity contribution in [1.29, 1.82) is 0 Å². The third-order valence-corrected chi connectivity index (χ3v) is 3.12. The van der Waals surface area contributed by atoms with Crippen LogP contribution in [0.4, 0.5) is 0 Å². The van der Waals surface area contributed by atoms with Crippen molar-refractivity contribution in [1.82, 2.24) is 0 Å². The van der Waals surface area contributed by atoms with E-state index in [4.69, 9.17) is 28.0 Å². The monoisotopic (exact) mass is 302 g/mol. The number of carbonyl (C=O) groups excluding carboxylic acids is 3. The van der Waals surface area contributed by atoms with Gasteiger partial charge in [0.15, 0.2) is 17.3 Å². The molecular weight excluding hydrogens is 280 g/mol. The Morgan fingerprint density at radius 1 is 1.19 bits per heavy atom. The highest BCUT2D eigenvalue weighted by Crippen LogP contribution is 2.16. The fourth-order valence-corrected chi connectivity index (χ4v) is 1.79. The van der Waals surface area contributed by atoms with Gasteiger partial charge in [0.05, 0.1) is 12.6 Å². The lowest BCUT2D eigenvalue weighted by atomic mass is 9.80. The maximum atomic E-state index is 12.2. The number of rotatable bonds is 10. The van der Waals surface area contributed by atoms with Crippen LogP contribution in [0.1, 0.15) is 26.2 Å². The lowest BCUT2D eigenvalue weighted by molar-refractivity contribution is -0.140. The summed E-state index contributed by atoms with van der Waals surface area (Å²) in [6, 6.07) is -2.63. The number of carboxylic acid groups (broad SMARTS) is 1. The molecule has 2 unspecified atom stereocenters. The van der Waals surface area contributed by atoms with E-state index in [1.54, 1.807) is 0 Å². The average Bonchev–Trinajstić information content (AvgIpc) is 2.42. The smallest absolute Gasteiger partial charge is 0.303 e. The quantitative estimate of drug-likeness (QED) is 0.266. The maximum Gasteiger partial charge on any atom is 0.303 e. The largest absolute Gasteiger partial charge is 0.481 e. The van der Waals surface area contributed by atoms with E-state index < -0.39 is 47.5 Å². The minimum Gasteiger partial charge on any atom is -0.481 e.